The minimum Gasteiger partial charge on any atom is -0.0946 e. The van der Waals surface area contributed by atoms with Crippen LogP contribution >= 0.6 is 0 Å². The van der Waals surface area contributed by atoms with Crippen LogP contribution in [-0.2, 0) is 0 Å². The van der Waals surface area contributed by atoms with Crippen molar-refractivity contribution in [3.05, 3.63) is 90.0 Å². The van der Waals surface area contributed by atoms with Gasteiger partial charge in [-0.25, -0.2) is 0 Å². The van der Waals surface area contributed by atoms with E-state index in [0.29, 0.717) is 5.92 Å². The molecular weight excluding hydrogens is 240 g/mol. The van der Waals surface area contributed by atoms with Crippen LogP contribution in [0.15, 0.2) is 78.9 Å². The molecule has 102 valence electrons. The summed E-state index contributed by atoms with van der Waals surface area (Å²) in [5.74, 6) is 0.341. The van der Waals surface area contributed by atoms with Gasteiger partial charge >= 0.3 is 0 Å². The van der Waals surface area contributed by atoms with Crippen molar-refractivity contribution in [2.24, 2.45) is 0 Å². The highest BCUT2D eigenvalue weighted by Gasteiger charge is 2.15. The Hall–Kier alpha value is -2.08. The summed E-state index contributed by atoms with van der Waals surface area (Å²) < 4.78 is 0. The van der Waals surface area contributed by atoms with Gasteiger partial charge in [-0.15, -0.1) is 0 Å². The molecule has 20 heavy (non-hydrogen) atoms. The van der Waals surface area contributed by atoms with Gasteiger partial charge in [-0.3, -0.25) is 0 Å². The Morgan fingerprint density at radius 3 is 2.05 bits per heavy atom. The normalized spacial score (nSPS) is 11.7. The zero-order valence-electron chi connectivity index (χ0n) is 12.3. The molecule has 1 atom stereocenters. The second-order valence-electron chi connectivity index (χ2n) is 5.37. The third kappa shape index (κ3) is 3.71. The second-order valence-corrected chi connectivity index (χ2v) is 5.37. The van der Waals surface area contributed by atoms with E-state index in [1.807, 2.05) is 6.07 Å². The highest BCUT2D eigenvalue weighted by molar-refractivity contribution is 5.69. The summed E-state index contributed by atoms with van der Waals surface area (Å²) in [6.07, 6.45) is 3.30. The summed E-state index contributed by atoms with van der Waals surface area (Å²) in [6.45, 7) is 8.64. The summed E-state index contributed by atoms with van der Waals surface area (Å²) >= 11 is 0. The quantitative estimate of drug-likeness (QED) is 0.594. The number of benzene rings is 2. The second kappa shape index (κ2) is 6.91. The Labute approximate surface area is 122 Å². The third-order valence-corrected chi connectivity index (χ3v) is 3.53. The van der Waals surface area contributed by atoms with Crippen LogP contribution in [0.3, 0.4) is 0 Å². The molecule has 0 saturated heterocycles. The van der Waals surface area contributed by atoms with E-state index in [-0.39, 0.29) is 0 Å². The Bertz CT molecular complexity index is 572. The van der Waals surface area contributed by atoms with Gasteiger partial charge in [-0.05, 0) is 37.0 Å². The monoisotopic (exact) mass is 262 g/mol. The molecule has 0 aromatic heterocycles. The van der Waals surface area contributed by atoms with Crippen LogP contribution in [0, 0.1) is 0 Å². The summed E-state index contributed by atoms with van der Waals surface area (Å²) in [4.78, 5) is 0. The van der Waals surface area contributed by atoms with Gasteiger partial charge < -0.3 is 0 Å². The zero-order chi connectivity index (χ0) is 14.4. The molecule has 0 fully saturated rings. The Morgan fingerprint density at radius 2 is 1.50 bits per heavy atom. The SMILES string of the molecule is C=C(c1ccccc1)C(CC=C(C)C)c1ccccc1. The highest BCUT2D eigenvalue weighted by Crippen LogP contribution is 2.34. The van der Waals surface area contributed by atoms with E-state index >= 15 is 0 Å². The van der Waals surface area contributed by atoms with Crippen LogP contribution in [-0.4, -0.2) is 0 Å². The number of hydrogen-bond donors (Lipinski definition) is 0. The lowest BCUT2D eigenvalue weighted by Crippen LogP contribution is -2.00. The van der Waals surface area contributed by atoms with Crippen molar-refractivity contribution in [3.8, 4) is 0 Å². The van der Waals surface area contributed by atoms with Crippen LogP contribution in [0.4, 0.5) is 0 Å². The van der Waals surface area contributed by atoms with E-state index in [0.717, 1.165) is 6.42 Å². The fraction of sp³-hybridized carbons (Fsp3) is 0.200. The fourth-order valence-corrected chi connectivity index (χ4v) is 2.37. The molecule has 0 aliphatic carbocycles. The minimum atomic E-state index is 0.341. The van der Waals surface area contributed by atoms with Crippen molar-refractivity contribution in [2.45, 2.75) is 26.2 Å². The molecule has 2 aromatic carbocycles. The van der Waals surface area contributed by atoms with Crippen LogP contribution < -0.4 is 0 Å². The van der Waals surface area contributed by atoms with Crippen molar-refractivity contribution in [1.82, 2.24) is 0 Å². The summed E-state index contributed by atoms with van der Waals surface area (Å²) in [7, 11) is 0. The molecule has 2 aromatic rings. The lowest BCUT2D eigenvalue weighted by molar-refractivity contribution is 0.878. The molecule has 0 bridgehead atoms. The first-order valence-corrected chi connectivity index (χ1v) is 7.11. The number of allylic oxidation sites excluding steroid dienone is 3. The van der Waals surface area contributed by atoms with Gasteiger partial charge in [0.15, 0.2) is 0 Å². The van der Waals surface area contributed by atoms with E-state index < -0.39 is 0 Å². The van der Waals surface area contributed by atoms with Gasteiger partial charge in [0, 0.05) is 5.92 Å². The summed E-state index contributed by atoms with van der Waals surface area (Å²) in [6, 6.07) is 21.1. The third-order valence-electron chi connectivity index (χ3n) is 3.53. The van der Waals surface area contributed by atoms with Crippen molar-refractivity contribution in [2.75, 3.05) is 0 Å². The average Bonchev–Trinajstić information content (AvgIpc) is 2.49. The van der Waals surface area contributed by atoms with Gasteiger partial charge in [-0.1, -0.05) is 78.9 Å². The zero-order valence-corrected chi connectivity index (χ0v) is 12.3. The van der Waals surface area contributed by atoms with Gasteiger partial charge in [-0.2, -0.15) is 0 Å². The summed E-state index contributed by atoms with van der Waals surface area (Å²) in [5.41, 5.74) is 5.10. The first kappa shape index (κ1) is 14.3. The maximum atomic E-state index is 4.35. The Balaban J connectivity index is 2.32. The van der Waals surface area contributed by atoms with E-state index in [2.05, 4.69) is 81.1 Å². The lowest BCUT2D eigenvalue weighted by Gasteiger charge is -2.19. The van der Waals surface area contributed by atoms with Crippen molar-refractivity contribution < 1.29 is 0 Å². The van der Waals surface area contributed by atoms with Gasteiger partial charge in [0.05, 0.1) is 0 Å². The Kier molecular flexibility index (Phi) is 4.95. The highest BCUT2D eigenvalue weighted by atomic mass is 14.2. The molecule has 0 saturated carbocycles. The molecule has 0 radical (unpaired) electrons. The molecule has 0 nitrogen and oxygen atoms in total. The van der Waals surface area contributed by atoms with Crippen molar-refractivity contribution >= 4 is 5.57 Å². The first-order chi connectivity index (χ1) is 9.68. The van der Waals surface area contributed by atoms with Gasteiger partial charge in [0.1, 0.15) is 0 Å². The largest absolute Gasteiger partial charge is 0.0946 e. The predicted molar refractivity (Wildman–Crippen MR) is 88.7 cm³/mol. The predicted octanol–water partition coefficient (Wildman–Crippen LogP) is 5.84. The molecule has 0 spiro atoms. The fourth-order valence-electron chi connectivity index (χ4n) is 2.37. The minimum absolute atomic E-state index is 0.341. The van der Waals surface area contributed by atoms with Crippen molar-refractivity contribution in [3.63, 3.8) is 0 Å². The van der Waals surface area contributed by atoms with Crippen LogP contribution in [0.25, 0.3) is 5.57 Å². The molecule has 0 aliphatic heterocycles. The summed E-state index contributed by atoms with van der Waals surface area (Å²) in [5, 5.41) is 0. The van der Waals surface area contributed by atoms with E-state index in [4.69, 9.17) is 0 Å². The van der Waals surface area contributed by atoms with Crippen LogP contribution in [0.2, 0.25) is 0 Å². The molecule has 0 amide bonds. The molecule has 0 heteroatoms. The molecule has 1 unspecified atom stereocenters. The number of rotatable bonds is 5. The lowest BCUT2D eigenvalue weighted by atomic mass is 9.85. The smallest absolute Gasteiger partial charge is 0.0124 e. The molecular formula is C20H22. The van der Waals surface area contributed by atoms with Crippen LogP contribution in [0.1, 0.15) is 37.3 Å². The first-order valence-electron chi connectivity index (χ1n) is 7.11. The van der Waals surface area contributed by atoms with Gasteiger partial charge in [0.2, 0.25) is 0 Å². The molecule has 0 heterocycles. The molecule has 0 N–H and O–H groups in total. The van der Waals surface area contributed by atoms with Crippen LogP contribution in [0.5, 0.6) is 0 Å². The Morgan fingerprint density at radius 1 is 0.950 bits per heavy atom. The standard InChI is InChI=1S/C20H22/c1-16(2)14-15-20(19-12-8-5-9-13-19)17(3)18-10-6-4-7-11-18/h4-14,20H,3,15H2,1-2H3. The maximum absolute atomic E-state index is 4.35. The van der Waals surface area contributed by atoms with E-state index in [1.54, 1.807) is 0 Å². The average molecular weight is 262 g/mol. The number of hydrogen-bond acceptors (Lipinski definition) is 0. The molecule has 2 rings (SSSR count). The van der Waals surface area contributed by atoms with Gasteiger partial charge in [0.25, 0.3) is 0 Å². The van der Waals surface area contributed by atoms with E-state index in [1.165, 1.54) is 22.3 Å². The van der Waals surface area contributed by atoms with E-state index in [9.17, 15) is 0 Å². The molecule has 0 aliphatic rings. The van der Waals surface area contributed by atoms with Crippen molar-refractivity contribution in [1.29, 1.82) is 0 Å². The topological polar surface area (TPSA) is 0 Å². The maximum Gasteiger partial charge on any atom is 0.0124 e.